The molecule has 0 unspecified atom stereocenters. The summed E-state index contributed by atoms with van der Waals surface area (Å²) in [7, 11) is 0. The van der Waals surface area contributed by atoms with Gasteiger partial charge in [0.15, 0.2) is 18.1 Å². The highest BCUT2D eigenvalue weighted by Gasteiger charge is 2.17. The second kappa shape index (κ2) is 12.9. The van der Waals surface area contributed by atoms with Gasteiger partial charge in [0, 0.05) is 17.7 Å². The van der Waals surface area contributed by atoms with Gasteiger partial charge in [-0.15, -0.1) is 0 Å². The minimum atomic E-state index is -0.388. The Morgan fingerprint density at radius 2 is 1.11 bits per heavy atom. The molecule has 184 valence electrons. The zero-order valence-electron chi connectivity index (χ0n) is 20.1. The van der Waals surface area contributed by atoms with E-state index in [4.69, 9.17) is 18.9 Å². The number of benzene rings is 3. The van der Waals surface area contributed by atoms with Crippen molar-refractivity contribution in [3.63, 3.8) is 0 Å². The topological polar surface area (TPSA) is 95.1 Å². The first-order chi connectivity index (χ1) is 17.0. The Bertz CT molecular complexity index is 1130. The molecule has 2 amide bonds. The molecule has 0 aromatic heterocycles. The van der Waals surface area contributed by atoms with Crippen LogP contribution in [0.2, 0.25) is 0 Å². The quantitative estimate of drug-likeness (QED) is 0.374. The average molecular weight is 479 g/mol. The van der Waals surface area contributed by atoms with Gasteiger partial charge in [-0.2, -0.15) is 0 Å². The molecule has 8 heteroatoms. The number of anilines is 2. The Hall–Kier alpha value is -4.20. The molecule has 3 rings (SSSR count). The number of rotatable bonds is 12. The van der Waals surface area contributed by atoms with E-state index in [1.807, 2.05) is 32.9 Å². The van der Waals surface area contributed by atoms with Crippen molar-refractivity contribution in [3.05, 3.63) is 72.3 Å². The molecule has 8 nitrogen and oxygen atoms in total. The van der Waals surface area contributed by atoms with E-state index in [0.29, 0.717) is 59.8 Å². The van der Waals surface area contributed by atoms with Crippen LogP contribution >= 0.6 is 0 Å². The molecular formula is C27H30N2O6. The van der Waals surface area contributed by atoms with Gasteiger partial charge < -0.3 is 29.6 Å². The van der Waals surface area contributed by atoms with Gasteiger partial charge in [0.05, 0.1) is 31.2 Å². The van der Waals surface area contributed by atoms with Gasteiger partial charge in [0.25, 0.3) is 11.8 Å². The number of carbonyl (C=O) groups is 2. The van der Waals surface area contributed by atoms with Crippen LogP contribution in [0.25, 0.3) is 0 Å². The van der Waals surface area contributed by atoms with E-state index in [0.717, 1.165) is 0 Å². The molecule has 0 radical (unpaired) electrons. The van der Waals surface area contributed by atoms with Gasteiger partial charge in [-0.3, -0.25) is 9.59 Å². The summed E-state index contributed by atoms with van der Waals surface area (Å²) in [5.74, 6) is 1.16. The van der Waals surface area contributed by atoms with E-state index in [1.165, 1.54) is 0 Å². The van der Waals surface area contributed by atoms with Gasteiger partial charge in [0.1, 0.15) is 11.5 Å². The Labute approximate surface area is 205 Å². The summed E-state index contributed by atoms with van der Waals surface area (Å²) in [6.45, 7) is 6.53. The maximum Gasteiger partial charge on any atom is 0.262 e. The summed E-state index contributed by atoms with van der Waals surface area (Å²) in [5, 5.41) is 5.67. The molecule has 0 spiro atoms. The lowest BCUT2D eigenvalue weighted by Gasteiger charge is -2.18. The second-order valence-electron chi connectivity index (χ2n) is 7.25. The Morgan fingerprint density at radius 1 is 0.629 bits per heavy atom. The molecule has 0 atom stereocenters. The van der Waals surface area contributed by atoms with E-state index in [-0.39, 0.29) is 18.4 Å². The van der Waals surface area contributed by atoms with E-state index in [2.05, 4.69) is 10.6 Å². The lowest BCUT2D eigenvalue weighted by Crippen LogP contribution is -2.21. The van der Waals surface area contributed by atoms with Crippen LogP contribution in [0.15, 0.2) is 66.7 Å². The molecule has 0 saturated heterocycles. The van der Waals surface area contributed by atoms with E-state index >= 15 is 0 Å². The molecule has 0 aliphatic heterocycles. The summed E-state index contributed by atoms with van der Waals surface area (Å²) in [4.78, 5) is 25.4. The monoisotopic (exact) mass is 478 g/mol. The molecule has 35 heavy (non-hydrogen) atoms. The SMILES string of the molecule is CCOc1cc(NC(=O)c2ccccc2)c(OCC)cc1NC(=O)COc1ccccc1OCC. The molecule has 0 fully saturated rings. The lowest BCUT2D eigenvalue weighted by atomic mass is 10.2. The largest absolute Gasteiger partial charge is 0.492 e. The van der Waals surface area contributed by atoms with Crippen molar-refractivity contribution in [3.8, 4) is 23.0 Å². The molecule has 0 saturated carbocycles. The first-order valence-electron chi connectivity index (χ1n) is 11.5. The van der Waals surface area contributed by atoms with Crippen molar-refractivity contribution in [2.75, 3.05) is 37.1 Å². The molecular weight excluding hydrogens is 448 g/mol. The zero-order chi connectivity index (χ0) is 25.0. The van der Waals surface area contributed by atoms with Crippen LogP contribution in [0, 0.1) is 0 Å². The highest BCUT2D eigenvalue weighted by Crippen LogP contribution is 2.37. The van der Waals surface area contributed by atoms with Crippen LogP contribution in [0.4, 0.5) is 11.4 Å². The van der Waals surface area contributed by atoms with Crippen LogP contribution in [-0.4, -0.2) is 38.2 Å². The summed E-state index contributed by atoms with van der Waals surface area (Å²) < 4.78 is 22.7. The van der Waals surface area contributed by atoms with Gasteiger partial charge in [0.2, 0.25) is 0 Å². The van der Waals surface area contributed by atoms with Crippen molar-refractivity contribution < 1.29 is 28.5 Å². The molecule has 2 N–H and O–H groups in total. The van der Waals surface area contributed by atoms with Gasteiger partial charge in [-0.1, -0.05) is 30.3 Å². The maximum atomic E-state index is 12.7. The average Bonchev–Trinajstić information content (AvgIpc) is 2.87. The van der Waals surface area contributed by atoms with E-state index in [9.17, 15) is 9.59 Å². The van der Waals surface area contributed by atoms with Gasteiger partial charge in [-0.25, -0.2) is 0 Å². The number of hydrogen-bond donors (Lipinski definition) is 2. The Morgan fingerprint density at radius 3 is 1.69 bits per heavy atom. The molecule has 0 heterocycles. The number of carbonyl (C=O) groups excluding carboxylic acids is 2. The Balaban J connectivity index is 1.78. The first-order valence-corrected chi connectivity index (χ1v) is 11.5. The van der Waals surface area contributed by atoms with Crippen LogP contribution in [0.5, 0.6) is 23.0 Å². The smallest absolute Gasteiger partial charge is 0.262 e. The highest BCUT2D eigenvalue weighted by atomic mass is 16.5. The summed E-state index contributed by atoms with van der Waals surface area (Å²) in [6.07, 6.45) is 0. The van der Waals surface area contributed by atoms with Crippen molar-refractivity contribution in [1.29, 1.82) is 0 Å². The lowest BCUT2D eigenvalue weighted by molar-refractivity contribution is -0.118. The highest BCUT2D eigenvalue weighted by molar-refractivity contribution is 6.05. The fourth-order valence-electron chi connectivity index (χ4n) is 3.26. The van der Waals surface area contributed by atoms with Crippen LogP contribution in [-0.2, 0) is 4.79 Å². The number of amides is 2. The third-order valence-corrected chi connectivity index (χ3v) is 4.75. The fraction of sp³-hybridized carbons (Fsp3) is 0.259. The van der Waals surface area contributed by atoms with Crippen LogP contribution in [0.3, 0.4) is 0 Å². The minimum absolute atomic E-state index is 0.230. The number of hydrogen-bond acceptors (Lipinski definition) is 6. The molecule has 3 aromatic rings. The number of nitrogens with one attached hydrogen (secondary N) is 2. The standard InChI is InChI=1S/C27H30N2O6/c1-4-32-22-14-10-11-15-23(22)35-18-26(30)28-20-16-25(34-6-3)21(17-24(20)33-5-2)29-27(31)19-12-8-7-9-13-19/h7-17H,4-6,18H2,1-3H3,(H,28,30)(H,29,31). The fourth-order valence-corrected chi connectivity index (χ4v) is 3.26. The molecule has 0 bridgehead atoms. The van der Waals surface area contributed by atoms with Crippen LogP contribution < -0.4 is 29.6 Å². The second-order valence-corrected chi connectivity index (χ2v) is 7.25. The zero-order valence-corrected chi connectivity index (χ0v) is 20.1. The predicted molar refractivity (Wildman–Crippen MR) is 135 cm³/mol. The van der Waals surface area contributed by atoms with Gasteiger partial charge in [-0.05, 0) is 45.0 Å². The molecule has 0 aliphatic carbocycles. The summed E-state index contributed by atoms with van der Waals surface area (Å²) in [5.41, 5.74) is 1.35. The maximum absolute atomic E-state index is 12.7. The summed E-state index contributed by atoms with van der Waals surface area (Å²) >= 11 is 0. The minimum Gasteiger partial charge on any atom is -0.492 e. The third kappa shape index (κ3) is 7.14. The molecule has 3 aromatic carbocycles. The Kier molecular flexibility index (Phi) is 9.36. The third-order valence-electron chi connectivity index (χ3n) is 4.75. The van der Waals surface area contributed by atoms with Crippen molar-refractivity contribution >= 4 is 23.2 Å². The normalized spacial score (nSPS) is 10.3. The van der Waals surface area contributed by atoms with Crippen molar-refractivity contribution in [2.24, 2.45) is 0 Å². The van der Waals surface area contributed by atoms with Gasteiger partial charge >= 0.3 is 0 Å². The number of para-hydroxylation sites is 2. The number of ether oxygens (including phenoxy) is 4. The van der Waals surface area contributed by atoms with E-state index in [1.54, 1.807) is 54.6 Å². The van der Waals surface area contributed by atoms with Crippen LogP contribution in [0.1, 0.15) is 31.1 Å². The van der Waals surface area contributed by atoms with Crippen molar-refractivity contribution in [2.45, 2.75) is 20.8 Å². The predicted octanol–water partition coefficient (Wildman–Crippen LogP) is 5.15. The van der Waals surface area contributed by atoms with Crippen molar-refractivity contribution in [1.82, 2.24) is 0 Å². The summed E-state index contributed by atoms with van der Waals surface area (Å²) in [6, 6.07) is 19.3. The first kappa shape index (κ1) is 25.4. The molecule has 0 aliphatic rings. The van der Waals surface area contributed by atoms with E-state index < -0.39 is 0 Å².